The van der Waals surface area contributed by atoms with Crippen molar-refractivity contribution in [3.8, 4) is 11.5 Å². The maximum absolute atomic E-state index is 12.9. The van der Waals surface area contributed by atoms with Crippen molar-refractivity contribution in [3.05, 3.63) is 90.0 Å². The summed E-state index contributed by atoms with van der Waals surface area (Å²) in [6, 6.07) is 21.2. The Labute approximate surface area is 170 Å². The minimum atomic E-state index is -4.38. The van der Waals surface area contributed by atoms with Crippen LogP contribution < -0.4 is 28.9 Å². The summed E-state index contributed by atoms with van der Waals surface area (Å²) in [4.78, 5) is 12.7. The first-order chi connectivity index (χ1) is 12.4. The molecule has 0 aliphatic rings. The van der Waals surface area contributed by atoms with E-state index in [-0.39, 0.29) is 31.2 Å². The normalized spacial score (nSPS) is 11.2. The van der Waals surface area contributed by atoms with Crippen molar-refractivity contribution < 1.29 is 43.0 Å². The van der Waals surface area contributed by atoms with Gasteiger partial charge in [-0.25, -0.2) is 0 Å². The molecule has 0 amide bonds. The Bertz CT molecular complexity index is 906. The third-order valence-corrected chi connectivity index (χ3v) is 4.52. The molecular formula is C20H15F3LiO2P. The molecule has 2 nitrogen and oxygen atoms in total. The molecule has 0 radical (unpaired) electrons. The first-order valence-corrected chi connectivity index (χ1v) is 8.74. The van der Waals surface area contributed by atoms with Crippen LogP contribution in [0.15, 0.2) is 78.9 Å². The molecule has 0 bridgehead atoms. The number of rotatable bonds is 5. The van der Waals surface area contributed by atoms with Gasteiger partial charge in [-0.15, -0.1) is 0 Å². The van der Waals surface area contributed by atoms with E-state index >= 15 is 0 Å². The van der Waals surface area contributed by atoms with Crippen LogP contribution in [-0.2, 0) is 0 Å². The molecule has 0 fully saturated rings. The molecule has 0 aliphatic heterocycles. The Hall–Kier alpha value is -2.05. The van der Waals surface area contributed by atoms with Crippen molar-refractivity contribution in [3.63, 3.8) is 0 Å². The van der Waals surface area contributed by atoms with E-state index in [4.69, 9.17) is 4.74 Å². The number of halogens is 3. The Morgan fingerprint density at radius 1 is 0.852 bits per heavy atom. The van der Waals surface area contributed by atoms with Crippen LogP contribution in [0.5, 0.6) is 11.5 Å². The second-order valence-electron chi connectivity index (χ2n) is 5.44. The van der Waals surface area contributed by atoms with Gasteiger partial charge in [0, 0.05) is 19.7 Å². The molecule has 0 heterocycles. The minimum absolute atomic E-state index is 0. The topological polar surface area (TPSA) is 26.3 Å². The molecule has 3 rings (SSSR count). The van der Waals surface area contributed by atoms with Crippen molar-refractivity contribution in [2.24, 2.45) is 0 Å². The Balaban J connectivity index is 0.00000196. The second kappa shape index (κ2) is 9.24. The Kier molecular flexibility index (Phi) is 7.27. The molecule has 1 atom stereocenters. The fraction of sp³-hybridized carbons (Fsp3) is 0.0500. The van der Waals surface area contributed by atoms with Crippen molar-refractivity contribution >= 4 is 19.7 Å². The number of para-hydroxylation sites is 1. The molecule has 0 saturated heterocycles. The first-order valence-electron chi connectivity index (χ1n) is 7.74. The fourth-order valence-electron chi connectivity index (χ4n) is 2.41. The second-order valence-corrected chi connectivity index (χ2v) is 6.80. The summed E-state index contributed by atoms with van der Waals surface area (Å²) < 4.78 is 44.4. The van der Waals surface area contributed by atoms with E-state index < -0.39 is 20.3 Å². The van der Waals surface area contributed by atoms with Crippen LogP contribution in [0.2, 0.25) is 0 Å². The van der Waals surface area contributed by atoms with Gasteiger partial charge in [0.15, 0.2) is 5.78 Å². The van der Waals surface area contributed by atoms with Gasteiger partial charge in [0.05, 0.1) is 0 Å². The third kappa shape index (κ3) is 5.97. The Morgan fingerprint density at radius 2 is 1.44 bits per heavy atom. The number of hydrogen-bond acceptors (Lipinski definition) is 2. The fourth-order valence-corrected chi connectivity index (χ4v) is 3.20. The number of ether oxygens (including phenoxy) is 1. The SMILES string of the molecule is O=C(c1ccccc1)c1cc(Oc2ccccc2)ccc1PC(F)(F)F.[H-].[Li+]. The van der Waals surface area contributed by atoms with Gasteiger partial charge in [-0.05, 0) is 29.6 Å². The summed E-state index contributed by atoms with van der Waals surface area (Å²) >= 11 is 0. The number of hydrogen-bond donors (Lipinski definition) is 0. The number of alkyl halides is 3. The van der Waals surface area contributed by atoms with Gasteiger partial charge in [0.1, 0.15) is 11.5 Å². The van der Waals surface area contributed by atoms with Crippen molar-refractivity contribution in [1.82, 2.24) is 0 Å². The van der Waals surface area contributed by atoms with Crippen LogP contribution in [0.4, 0.5) is 13.2 Å². The van der Waals surface area contributed by atoms with Gasteiger partial charge in [-0.2, -0.15) is 13.2 Å². The minimum Gasteiger partial charge on any atom is -1.00 e. The van der Waals surface area contributed by atoms with Gasteiger partial charge in [-0.1, -0.05) is 54.6 Å². The quantitative estimate of drug-likeness (QED) is 0.385. The first kappa shape index (κ1) is 21.2. The zero-order valence-corrected chi connectivity index (χ0v) is 15.5. The van der Waals surface area contributed by atoms with Crippen LogP contribution in [-0.4, -0.2) is 11.7 Å². The summed E-state index contributed by atoms with van der Waals surface area (Å²) in [6.07, 6.45) is 0. The van der Waals surface area contributed by atoms with E-state index in [0.717, 1.165) is 0 Å². The molecule has 0 aromatic heterocycles. The summed E-state index contributed by atoms with van der Waals surface area (Å²) in [5, 5.41) is -0.0493. The van der Waals surface area contributed by atoms with Crippen LogP contribution in [0.1, 0.15) is 17.3 Å². The van der Waals surface area contributed by atoms with E-state index in [1.165, 1.54) is 18.2 Å². The van der Waals surface area contributed by atoms with Crippen LogP contribution in [0, 0.1) is 0 Å². The average Bonchev–Trinajstić information content (AvgIpc) is 2.63. The molecule has 0 N–H and O–H groups in total. The van der Waals surface area contributed by atoms with Crippen LogP contribution in [0.3, 0.4) is 0 Å². The molecule has 7 heteroatoms. The summed E-state index contributed by atoms with van der Waals surface area (Å²) in [5.74, 6) is -3.99. The van der Waals surface area contributed by atoms with E-state index in [2.05, 4.69) is 0 Å². The molecule has 27 heavy (non-hydrogen) atoms. The summed E-state index contributed by atoms with van der Waals surface area (Å²) in [5.41, 5.74) is 0.331. The van der Waals surface area contributed by atoms with Gasteiger partial charge in [0.25, 0.3) is 0 Å². The number of carbonyl (C=O) groups excluding carboxylic acids is 1. The molecule has 3 aromatic rings. The maximum Gasteiger partial charge on any atom is 1.00 e. The number of benzene rings is 3. The van der Waals surface area contributed by atoms with Crippen molar-refractivity contribution in [2.45, 2.75) is 5.92 Å². The van der Waals surface area contributed by atoms with Crippen LogP contribution >= 0.6 is 8.58 Å². The zero-order chi connectivity index (χ0) is 18.6. The number of ketones is 1. The van der Waals surface area contributed by atoms with Gasteiger partial charge < -0.3 is 6.16 Å². The zero-order valence-electron chi connectivity index (χ0n) is 15.5. The maximum atomic E-state index is 12.9. The van der Waals surface area contributed by atoms with Gasteiger partial charge in [-0.3, -0.25) is 4.79 Å². The molecule has 1 unspecified atom stereocenters. The van der Waals surface area contributed by atoms with Gasteiger partial charge >= 0.3 is 24.8 Å². The summed E-state index contributed by atoms with van der Waals surface area (Å²) in [6.45, 7) is 0. The van der Waals surface area contributed by atoms with Gasteiger partial charge in [0.2, 0.25) is 0 Å². The number of carbonyl (C=O) groups is 1. The Morgan fingerprint density at radius 3 is 2.04 bits per heavy atom. The van der Waals surface area contributed by atoms with Crippen LogP contribution in [0.25, 0.3) is 0 Å². The molecule has 3 aromatic carbocycles. The standard InChI is InChI=1S/C20H14F3O2P.Li.H/c21-20(22,23)26-18-12-11-16(25-15-9-5-2-6-10-15)13-17(18)19(24)14-7-3-1-4-8-14;;/h1-13,26H;;/q;+1;-1. The summed E-state index contributed by atoms with van der Waals surface area (Å²) in [7, 11) is -1.46. The predicted octanol–water partition coefficient (Wildman–Crippen LogP) is 2.65. The van der Waals surface area contributed by atoms with E-state index in [0.29, 0.717) is 17.1 Å². The molecule has 0 saturated carbocycles. The van der Waals surface area contributed by atoms with Crippen molar-refractivity contribution in [1.29, 1.82) is 0 Å². The molecule has 0 spiro atoms. The largest absolute Gasteiger partial charge is 1.00 e. The van der Waals surface area contributed by atoms with E-state index in [9.17, 15) is 18.0 Å². The molecular weight excluding hydrogens is 367 g/mol. The van der Waals surface area contributed by atoms with Crippen molar-refractivity contribution in [2.75, 3.05) is 0 Å². The average molecular weight is 382 g/mol. The smallest absolute Gasteiger partial charge is 1.00 e. The van der Waals surface area contributed by atoms with E-state index in [1.54, 1.807) is 54.6 Å². The monoisotopic (exact) mass is 382 g/mol. The molecule has 134 valence electrons. The predicted molar refractivity (Wildman–Crippen MR) is 97.9 cm³/mol. The van der Waals surface area contributed by atoms with E-state index in [1.807, 2.05) is 6.07 Å². The third-order valence-electron chi connectivity index (χ3n) is 3.53. The molecule has 0 aliphatic carbocycles.